The van der Waals surface area contributed by atoms with Crippen LogP contribution in [0.15, 0.2) is 54.6 Å². The molecular formula is C17H19NO2. The van der Waals surface area contributed by atoms with Crippen molar-refractivity contribution < 1.29 is 9.53 Å². The van der Waals surface area contributed by atoms with Crippen LogP contribution < -0.4 is 5.73 Å². The predicted molar refractivity (Wildman–Crippen MR) is 80.1 cm³/mol. The molecule has 0 saturated heterocycles. The van der Waals surface area contributed by atoms with Crippen LogP contribution in [0.3, 0.4) is 0 Å². The first-order chi connectivity index (χ1) is 9.70. The van der Waals surface area contributed by atoms with Gasteiger partial charge in [0.15, 0.2) is 0 Å². The maximum atomic E-state index is 11.1. The van der Waals surface area contributed by atoms with Crippen LogP contribution >= 0.6 is 0 Å². The molecule has 0 saturated carbocycles. The van der Waals surface area contributed by atoms with Crippen molar-refractivity contribution in [3.63, 3.8) is 0 Å². The molecule has 0 bridgehead atoms. The fourth-order valence-corrected chi connectivity index (χ4v) is 2.10. The quantitative estimate of drug-likeness (QED) is 0.847. The molecule has 0 aliphatic heterocycles. The number of carbonyl (C=O) groups excluding carboxylic acids is 1. The van der Waals surface area contributed by atoms with Crippen LogP contribution in [0.1, 0.15) is 24.4 Å². The molecule has 20 heavy (non-hydrogen) atoms. The molecule has 3 nitrogen and oxygen atoms in total. The molecule has 2 aromatic rings. The van der Waals surface area contributed by atoms with Crippen molar-refractivity contribution in [3.8, 4) is 11.1 Å². The van der Waals surface area contributed by atoms with Crippen molar-refractivity contribution in [2.75, 3.05) is 7.11 Å². The molecule has 0 fully saturated rings. The minimum Gasteiger partial charge on any atom is -0.469 e. The molecule has 0 aromatic heterocycles. The smallest absolute Gasteiger partial charge is 0.305 e. The highest BCUT2D eigenvalue weighted by Gasteiger charge is 2.09. The molecule has 3 heteroatoms. The van der Waals surface area contributed by atoms with Gasteiger partial charge in [0.1, 0.15) is 0 Å². The van der Waals surface area contributed by atoms with E-state index in [2.05, 4.69) is 29.0 Å². The Morgan fingerprint density at radius 1 is 1.05 bits per heavy atom. The average molecular weight is 269 g/mol. The Hall–Kier alpha value is -2.13. The molecule has 2 rings (SSSR count). The first-order valence-corrected chi connectivity index (χ1v) is 6.68. The number of carbonyl (C=O) groups is 1. The van der Waals surface area contributed by atoms with Crippen LogP contribution in [-0.4, -0.2) is 13.1 Å². The van der Waals surface area contributed by atoms with Gasteiger partial charge in [0.05, 0.1) is 7.11 Å². The number of benzene rings is 2. The van der Waals surface area contributed by atoms with Crippen LogP contribution in [0.4, 0.5) is 0 Å². The first kappa shape index (κ1) is 14.3. The van der Waals surface area contributed by atoms with Crippen LogP contribution in [0.25, 0.3) is 11.1 Å². The highest BCUT2D eigenvalue weighted by Crippen LogP contribution is 2.22. The van der Waals surface area contributed by atoms with E-state index in [1.807, 2.05) is 30.3 Å². The second kappa shape index (κ2) is 6.87. The van der Waals surface area contributed by atoms with E-state index in [0.717, 1.165) is 11.1 Å². The molecule has 1 atom stereocenters. The topological polar surface area (TPSA) is 52.3 Å². The minimum absolute atomic E-state index is 0.140. The fraction of sp³-hybridized carbons (Fsp3) is 0.235. The summed E-state index contributed by atoms with van der Waals surface area (Å²) in [7, 11) is 1.39. The van der Waals surface area contributed by atoms with Crippen molar-refractivity contribution in [1.82, 2.24) is 0 Å². The number of methoxy groups -OCH3 is 1. The van der Waals surface area contributed by atoms with E-state index in [1.54, 1.807) is 0 Å². The van der Waals surface area contributed by atoms with Gasteiger partial charge in [-0.05, 0) is 23.1 Å². The van der Waals surface area contributed by atoms with Gasteiger partial charge in [-0.25, -0.2) is 0 Å². The highest BCUT2D eigenvalue weighted by molar-refractivity contribution is 5.69. The zero-order valence-electron chi connectivity index (χ0n) is 11.6. The first-order valence-electron chi connectivity index (χ1n) is 6.68. The van der Waals surface area contributed by atoms with E-state index >= 15 is 0 Å². The molecule has 1 unspecified atom stereocenters. The lowest BCUT2D eigenvalue weighted by Crippen LogP contribution is -2.12. The summed E-state index contributed by atoms with van der Waals surface area (Å²) < 4.78 is 4.62. The van der Waals surface area contributed by atoms with Crippen molar-refractivity contribution >= 4 is 5.97 Å². The number of nitrogens with two attached hydrogens (primary N) is 1. The van der Waals surface area contributed by atoms with Gasteiger partial charge in [0.25, 0.3) is 0 Å². The monoisotopic (exact) mass is 269 g/mol. The maximum Gasteiger partial charge on any atom is 0.305 e. The zero-order chi connectivity index (χ0) is 14.4. The van der Waals surface area contributed by atoms with Crippen LogP contribution in [0, 0.1) is 0 Å². The van der Waals surface area contributed by atoms with Crippen molar-refractivity contribution in [1.29, 1.82) is 0 Å². The van der Waals surface area contributed by atoms with Crippen molar-refractivity contribution in [2.24, 2.45) is 5.73 Å². The molecule has 0 heterocycles. The third-order valence-electron chi connectivity index (χ3n) is 3.33. The van der Waals surface area contributed by atoms with Gasteiger partial charge in [-0.3, -0.25) is 4.79 Å². The summed E-state index contributed by atoms with van der Waals surface area (Å²) in [5.41, 5.74) is 9.46. The lowest BCUT2D eigenvalue weighted by Gasteiger charge is -2.12. The van der Waals surface area contributed by atoms with Gasteiger partial charge >= 0.3 is 5.97 Å². The van der Waals surface area contributed by atoms with Gasteiger partial charge < -0.3 is 10.5 Å². The third-order valence-corrected chi connectivity index (χ3v) is 3.33. The molecule has 0 aliphatic rings. The van der Waals surface area contributed by atoms with Gasteiger partial charge in [-0.15, -0.1) is 0 Å². The van der Waals surface area contributed by atoms with Gasteiger partial charge in [0, 0.05) is 12.5 Å². The molecule has 2 aromatic carbocycles. The SMILES string of the molecule is COC(=O)CCC(N)c1ccc(-c2ccccc2)cc1. The Balaban J connectivity index is 2.03. The summed E-state index contributed by atoms with van der Waals surface area (Å²) >= 11 is 0. The summed E-state index contributed by atoms with van der Waals surface area (Å²) in [4.78, 5) is 11.1. The molecule has 0 aliphatic carbocycles. The maximum absolute atomic E-state index is 11.1. The molecule has 104 valence electrons. The van der Waals surface area contributed by atoms with E-state index in [0.29, 0.717) is 12.8 Å². The second-order valence-corrected chi connectivity index (χ2v) is 4.71. The summed E-state index contributed by atoms with van der Waals surface area (Å²) in [5, 5.41) is 0. The number of esters is 1. The van der Waals surface area contributed by atoms with E-state index in [4.69, 9.17) is 5.73 Å². The highest BCUT2D eigenvalue weighted by atomic mass is 16.5. The Kier molecular flexibility index (Phi) is 4.91. The largest absolute Gasteiger partial charge is 0.469 e. The van der Waals surface area contributed by atoms with E-state index in [9.17, 15) is 4.79 Å². The molecule has 0 radical (unpaired) electrons. The van der Waals surface area contributed by atoms with Crippen LogP contribution in [0.5, 0.6) is 0 Å². The van der Waals surface area contributed by atoms with Gasteiger partial charge in [-0.1, -0.05) is 54.6 Å². The number of ether oxygens (including phenoxy) is 1. The van der Waals surface area contributed by atoms with E-state index in [-0.39, 0.29) is 12.0 Å². The molecular weight excluding hydrogens is 250 g/mol. The molecule has 0 spiro atoms. The van der Waals surface area contributed by atoms with Crippen molar-refractivity contribution in [3.05, 3.63) is 60.2 Å². The van der Waals surface area contributed by atoms with Crippen LogP contribution in [0.2, 0.25) is 0 Å². The zero-order valence-corrected chi connectivity index (χ0v) is 11.6. The number of hydrogen-bond acceptors (Lipinski definition) is 3. The minimum atomic E-state index is -0.221. The van der Waals surface area contributed by atoms with Crippen LogP contribution in [-0.2, 0) is 9.53 Å². The predicted octanol–water partition coefficient (Wildman–Crippen LogP) is 3.31. The summed E-state index contributed by atoms with van der Waals surface area (Å²) in [6, 6.07) is 18.2. The summed E-state index contributed by atoms with van der Waals surface area (Å²) in [6.45, 7) is 0. The lowest BCUT2D eigenvalue weighted by atomic mass is 9.99. The molecule has 2 N–H and O–H groups in total. The Morgan fingerprint density at radius 3 is 2.25 bits per heavy atom. The fourth-order valence-electron chi connectivity index (χ4n) is 2.10. The Morgan fingerprint density at radius 2 is 1.65 bits per heavy atom. The number of hydrogen-bond donors (Lipinski definition) is 1. The van der Waals surface area contributed by atoms with E-state index in [1.165, 1.54) is 12.7 Å². The summed E-state index contributed by atoms with van der Waals surface area (Å²) in [6.07, 6.45) is 0.940. The third kappa shape index (κ3) is 3.68. The Bertz CT molecular complexity index is 549. The van der Waals surface area contributed by atoms with Gasteiger partial charge in [-0.2, -0.15) is 0 Å². The van der Waals surface area contributed by atoms with Gasteiger partial charge in [0.2, 0.25) is 0 Å². The average Bonchev–Trinajstić information content (AvgIpc) is 2.53. The molecule has 0 amide bonds. The number of rotatable bonds is 5. The second-order valence-electron chi connectivity index (χ2n) is 4.71. The normalized spacial score (nSPS) is 11.9. The lowest BCUT2D eigenvalue weighted by molar-refractivity contribution is -0.140. The standard InChI is InChI=1S/C17H19NO2/c1-20-17(19)12-11-16(18)15-9-7-14(8-10-15)13-5-3-2-4-6-13/h2-10,16H,11-12,18H2,1H3. The Labute approximate surface area is 119 Å². The van der Waals surface area contributed by atoms with Crippen molar-refractivity contribution in [2.45, 2.75) is 18.9 Å². The van der Waals surface area contributed by atoms with E-state index < -0.39 is 0 Å². The summed E-state index contributed by atoms with van der Waals surface area (Å²) in [5.74, 6) is -0.221.